The van der Waals surface area contributed by atoms with Gasteiger partial charge in [-0.3, -0.25) is 5.10 Å². The van der Waals surface area contributed by atoms with E-state index in [-0.39, 0.29) is 12.6 Å². The third-order valence-electron chi connectivity index (χ3n) is 6.74. The summed E-state index contributed by atoms with van der Waals surface area (Å²) in [5.74, 6) is 1.14. The van der Waals surface area contributed by atoms with Crippen LogP contribution < -0.4 is 10.2 Å². The Labute approximate surface area is 173 Å². The molecule has 10 heteroatoms. The van der Waals surface area contributed by atoms with E-state index in [1.807, 2.05) is 6.20 Å². The van der Waals surface area contributed by atoms with Crippen molar-refractivity contribution in [1.82, 2.24) is 29.8 Å². The van der Waals surface area contributed by atoms with Crippen molar-refractivity contribution in [3.05, 3.63) is 18.7 Å². The smallest absolute Gasteiger partial charge is 0.243 e. The minimum Gasteiger partial charge on any atom is -0.378 e. The van der Waals surface area contributed by atoms with Crippen molar-refractivity contribution in [3.63, 3.8) is 0 Å². The molecule has 0 spiro atoms. The molecule has 2 N–H and O–H groups in total. The zero-order valence-corrected chi connectivity index (χ0v) is 16.7. The summed E-state index contributed by atoms with van der Waals surface area (Å²) in [5.41, 5.74) is 3.54. The number of halogens is 1. The number of H-pyrrole nitrogens is 1. The Balaban J connectivity index is 1.43. The lowest BCUT2D eigenvalue weighted by Crippen LogP contribution is -2.48. The van der Waals surface area contributed by atoms with E-state index in [1.165, 1.54) is 25.7 Å². The molecule has 9 nitrogen and oxygen atoms in total. The molecular weight excluding hydrogens is 387 g/mol. The van der Waals surface area contributed by atoms with E-state index in [4.69, 9.17) is 14.7 Å². The molecule has 0 unspecified atom stereocenters. The third kappa shape index (κ3) is 3.01. The van der Waals surface area contributed by atoms with Crippen LogP contribution in [0.5, 0.6) is 0 Å². The van der Waals surface area contributed by atoms with Gasteiger partial charge in [0.15, 0.2) is 5.65 Å². The van der Waals surface area contributed by atoms with Gasteiger partial charge in [0.25, 0.3) is 0 Å². The maximum atomic E-state index is 14.2. The molecule has 4 fully saturated rings. The fourth-order valence-electron chi connectivity index (χ4n) is 5.13. The summed E-state index contributed by atoms with van der Waals surface area (Å²) in [6, 6.07) is 0.152. The molecule has 2 bridgehead atoms. The van der Waals surface area contributed by atoms with Gasteiger partial charge in [-0.05, 0) is 38.0 Å². The predicted octanol–water partition coefficient (Wildman–Crippen LogP) is 2.43. The fourth-order valence-corrected chi connectivity index (χ4v) is 5.13. The highest BCUT2D eigenvalue weighted by molar-refractivity contribution is 5.85. The Bertz CT molecular complexity index is 1030. The van der Waals surface area contributed by atoms with Gasteiger partial charge in [0.2, 0.25) is 5.95 Å². The normalized spacial score (nSPS) is 28.9. The van der Waals surface area contributed by atoms with Crippen LogP contribution in [0.25, 0.3) is 16.9 Å². The second-order valence-corrected chi connectivity index (χ2v) is 8.59. The molecule has 3 aromatic heterocycles. The lowest BCUT2D eigenvalue weighted by Gasteiger charge is -2.46. The summed E-state index contributed by atoms with van der Waals surface area (Å²) in [4.78, 5) is 12.0. The summed E-state index contributed by atoms with van der Waals surface area (Å²) in [6.45, 7) is 1.66. The van der Waals surface area contributed by atoms with Gasteiger partial charge < -0.3 is 15.0 Å². The molecule has 4 aliphatic rings. The molecular formula is C20H25FN8O. The van der Waals surface area contributed by atoms with E-state index < -0.39 is 6.17 Å². The SMILES string of the molecule is F[C@@H]1COCC[C@@H]1Nc1nc2c(N3CC4CCC3CC4)c(-c3cn[nH]c3)ncn2n1. The van der Waals surface area contributed by atoms with E-state index in [0.717, 1.165) is 29.1 Å². The zero-order valence-electron chi connectivity index (χ0n) is 16.7. The first-order chi connectivity index (χ1) is 14.8. The average molecular weight is 412 g/mol. The van der Waals surface area contributed by atoms with Crippen molar-refractivity contribution < 1.29 is 9.13 Å². The van der Waals surface area contributed by atoms with Crippen LogP contribution in [0.1, 0.15) is 32.1 Å². The van der Waals surface area contributed by atoms with Gasteiger partial charge in [-0.15, -0.1) is 5.10 Å². The Morgan fingerprint density at radius 2 is 2.10 bits per heavy atom. The van der Waals surface area contributed by atoms with Crippen LogP contribution in [0.15, 0.2) is 18.7 Å². The Kier molecular flexibility index (Phi) is 4.33. The van der Waals surface area contributed by atoms with Crippen molar-refractivity contribution in [3.8, 4) is 11.3 Å². The van der Waals surface area contributed by atoms with Crippen LogP contribution in [0.3, 0.4) is 0 Å². The quantitative estimate of drug-likeness (QED) is 0.679. The minimum atomic E-state index is -1.07. The first-order valence-electron chi connectivity index (χ1n) is 10.8. The van der Waals surface area contributed by atoms with Crippen molar-refractivity contribution >= 4 is 17.3 Å². The molecule has 0 aromatic carbocycles. The number of rotatable bonds is 4. The van der Waals surface area contributed by atoms with Crippen molar-refractivity contribution in [2.75, 3.05) is 30.0 Å². The largest absolute Gasteiger partial charge is 0.378 e. The Morgan fingerprint density at radius 3 is 2.83 bits per heavy atom. The number of hydrogen-bond acceptors (Lipinski definition) is 7. The molecule has 158 valence electrons. The van der Waals surface area contributed by atoms with Gasteiger partial charge in [0.1, 0.15) is 23.9 Å². The number of ether oxygens (including phenoxy) is 1. The fraction of sp³-hybridized carbons (Fsp3) is 0.600. The number of piperidine rings is 2. The molecule has 6 heterocycles. The molecule has 0 amide bonds. The number of nitrogens with zero attached hydrogens (tertiary/aromatic N) is 6. The summed E-state index contributed by atoms with van der Waals surface area (Å²) >= 11 is 0. The Hall–Kier alpha value is -2.75. The van der Waals surface area contributed by atoms with E-state index in [2.05, 4.69) is 25.5 Å². The van der Waals surface area contributed by atoms with E-state index in [0.29, 0.717) is 30.9 Å². The number of aromatic amines is 1. The number of hydrogen-bond donors (Lipinski definition) is 2. The van der Waals surface area contributed by atoms with Gasteiger partial charge in [0, 0.05) is 31.0 Å². The predicted molar refractivity (Wildman–Crippen MR) is 109 cm³/mol. The van der Waals surface area contributed by atoms with Crippen LogP contribution >= 0.6 is 0 Å². The summed E-state index contributed by atoms with van der Waals surface area (Å²) < 4.78 is 21.1. The molecule has 3 saturated heterocycles. The molecule has 1 aliphatic carbocycles. The van der Waals surface area contributed by atoms with E-state index >= 15 is 0 Å². The van der Waals surface area contributed by atoms with Crippen LogP contribution in [-0.4, -0.2) is 67.8 Å². The highest BCUT2D eigenvalue weighted by atomic mass is 19.1. The van der Waals surface area contributed by atoms with Crippen LogP contribution in [0.2, 0.25) is 0 Å². The van der Waals surface area contributed by atoms with E-state index in [1.54, 1.807) is 17.0 Å². The first-order valence-corrected chi connectivity index (χ1v) is 10.8. The number of fused-ring (bicyclic) bond motifs is 4. The van der Waals surface area contributed by atoms with Crippen LogP contribution in [-0.2, 0) is 4.74 Å². The second kappa shape index (κ2) is 7.19. The zero-order chi connectivity index (χ0) is 20.1. The molecule has 2 atom stereocenters. The molecule has 30 heavy (non-hydrogen) atoms. The third-order valence-corrected chi connectivity index (χ3v) is 6.74. The summed E-state index contributed by atoms with van der Waals surface area (Å²) in [6.07, 6.45) is 9.83. The lowest BCUT2D eigenvalue weighted by atomic mass is 9.79. The van der Waals surface area contributed by atoms with Gasteiger partial charge in [-0.25, -0.2) is 9.37 Å². The molecule has 7 rings (SSSR count). The van der Waals surface area contributed by atoms with Gasteiger partial charge in [0.05, 0.1) is 18.8 Å². The van der Waals surface area contributed by atoms with Crippen molar-refractivity contribution in [1.29, 1.82) is 0 Å². The molecule has 3 aliphatic heterocycles. The number of aromatic nitrogens is 6. The monoisotopic (exact) mass is 412 g/mol. The Morgan fingerprint density at radius 1 is 1.20 bits per heavy atom. The van der Waals surface area contributed by atoms with Crippen LogP contribution in [0, 0.1) is 5.92 Å². The maximum absolute atomic E-state index is 14.2. The van der Waals surface area contributed by atoms with Gasteiger partial charge >= 0.3 is 0 Å². The maximum Gasteiger partial charge on any atom is 0.243 e. The molecule has 1 saturated carbocycles. The summed E-state index contributed by atoms with van der Waals surface area (Å²) in [5, 5.41) is 14.7. The number of anilines is 2. The summed E-state index contributed by atoms with van der Waals surface area (Å²) in [7, 11) is 0. The second-order valence-electron chi connectivity index (χ2n) is 8.59. The lowest BCUT2D eigenvalue weighted by molar-refractivity contribution is 0.0284. The van der Waals surface area contributed by atoms with Crippen molar-refractivity contribution in [2.45, 2.75) is 50.4 Å². The number of alkyl halides is 1. The first kappa shape index (κ1) is 18.1. The van der Waals surface area contributed by atoms with Gasteiger partial charge in [-0.2, -0.15) is 14.6 Å². The van der Waals surface area contributed by atoms with Crippen LogP contribution in [0.4, 0.5) is 16.0 Å². The van der Waals surface area contributed by atoms with E-state index in [9.17, 15) is 4.39 Å². The average Bonchev–Trinajstić information content (AvgIpc) is 3.45. The topological polar surface area (TPSA) is 96.3 Å². The van der Waals surface area contributed by atoms with Gasteiger partial charge in [-0.1, -0.05) is 0 Å². The minimum absolute atomic E-state index is 0.110. The van der Waals surface area contributed by atoms with Crippen molar-refractivity contribution in [2.24, 2.45) is 5.92 Å². The number of nitrogens with one attached hydrogen (secondary N) is 2. The highest BCUT2D eigenvalue weighted by Crippen LogP contribution is 2.42. The molecule has 3 aromatic rings. The molecule has 0 radical (unpaired) electrons. The standard InChI is InChI=1S/C20H25FN8O/c21-15-10-30-6-5-16(15)25-20-26-19-18(28-9-12-1-3-14(28)4-2-12)17(13-7-23-24-8-13)22-11-29(19)27-20/h7-8,11-12,14-16H,1-6,9-10H2,(H,23,24)(H,25,27)/t12?,14?,15-,16+/m1/s1. The highest BCUT2D eigenvalue weighted by Gasteiger charge is 2.37.